The Labute approximate surface area is 91.0 Å². The fourth-order valence-corrected chi connectivity index (χ4v) is 1.60. The number of aldehydes is 1. The summed E-state index contributed by atoms with van der Waals surface area (Å²) in [5.41, 5.74) is 0.185. The molecule has 3 N–H and O–H groups in total. The van der Waals surface area contributed by atoms with E-state index in [4.69, 9.17) is 14.9 Å². The molecule has 0 amide bonds. The van der Waals surface area contributed by atoms with Gasteiger partial charge in [-0.2, -0.15) is 0 Å². The van der Waals surface area contributed by atoms with Crippen LogP contribution < -0.4 is 4.52 Å². The molecule has 0 saturated carbocycles. The third kappa shape index (κ3) is 2.86. The average Bonchev–Trinajstić information content (AvgIpc) is 2.19. The summed E-state index contributed by atoms with van der Waals surface area (Å²) in [6.07, 6.45) is 1.59. The molecule has 7 nitrogen and oxygen atoms in total. The summed E-state index contributed by atoms with van der Waals surface area (Å²) < 4.78 is 15.0. The summed E-state index contributed by atoms with van der Waals surface area (Å²) in [6.45, 7) is 0.956. The van der Waals surface area contributed by atoms with Crippen LogP contribution in [0.2, 0.25) is 0 Å². The number of pyridine rings is 1. The van der Waals surface area contributed by atoms with Crippen LogP contribution in [0.25, 0.3) is 0 Å². The average molecular weight is 247 g/mol. The summed E-state index contributed by atoms with van der Waals surface area (Å²) in [6, 6.07) is 0. The van der Waals surface area contributed by atoms with Gasteiger partial charge in [-0.25, -0.2) is 4.57 Å². The third-order valence-corrected chi connectivity index (χ3v) is 2.25. The van der Waals surface area contributed by atoms with E-state index in [1.807, 2.05) is 0 Å². The molecule has 0 aliphatic heterocycles. The molecule has 8 heteroatoms. The van der Waals surface area contributed by atoms with E-state index in [9.17, 15) is 9.36 Å². The zero-order chi connectivity index (χ0) is 12.3. The number of nitrogens with zero attached hydrogens (tertiary/aromatic N) is 1. The van der Waals surface area contributed by atoms with Gasteiger partial charge in [0.15, 0.2) is 12.0 Å². The van der Waals surface area contributed by atoms with Gasteiger partial charge >= 0.3 is 7.82 Å². The summed E-state index contributed by atoms with van der Waals surface area (Å²) in [5.74, 6) is -0.310. The van der Waals surface area contributed by atoms with E-state index in [2.05, 4.69) is 9.51 Å². The Morgan fingerprint density at radius 2 is 2.19 bits per heavy atom. The lowest BCUT2D eigenvalue weighted by atomic mass is 10.1. The van der Waals surface area contributed by atoms with Crippen LogP contribution in [0.1, 0.15) is 21.6 Å². The molecule has 0 fully saturated rings. The van der Waals surface area contributed by atoms with Crippen molar-refractivity contribution in [1.29, 1.82) is 0 Å². The molecule has 0 saturated heterocycles. The number of hydrogen-bond donors (Lipinski definition) is 3. The number of phosphoric ester groups is 1. The first-order valence-electron chi connectivity index (χ1n) is 4.18. The highest BCUT2D eigenvalue weighted by atomic mass is 31.2. The molecule has 0 unspecified atom stereocenters. The van der Waals surface area contributed by atoms with Gasteiger partial charge in [0.1, 0.15) is 0 Å². The molecular formula is C8H10NO6P. The number of phosphoric acid groups is 1. The van der Waals surface area contributed by atoms with Crippen molar-refractivity contribution in [2.75, 3.05) is 0 Å². The number of carbonyl (C=O) groups excluding carboxylic acids is 1. The maximum Gasteiger partial charge on any atom is 0.524 e. The van der Waals surface area contributed by atoms with Crippen molar-refractivity contribution in [1.82, 2.24) is 4.98 Å². The summed E-state index contributed by atoms with van der Waals surface area (Å²) in [4.78, 5) is 31.9. The first-order chi connectivity index (χ1) is 7.39. The SMILES string of the molecule is Cc1ncc(CO)c(C=O)c1OP(=O)(O)O. The van der Waals surface area contributed by atoms with E-state index in [-0.39, 0.29) is 22.6 Å². The molecular weight excluding hydrogens is 237 g/mol. The summed E-state index contributed by atoms with van der Waals surface area (Å²) in [5, 5.41) is 8.91. The summed E-state index contributed by atoms with van der Waals surface area (Å²) >= 11 is 0. The quantitative estimate of drug-likeness (QED) is 0.512. The molecule has 0 aliphatic carbocycles. The van der Waals surface area contributed by atoms with Gasteiger partial charge in [-0.3, -0.25) is 19.6 Å². The van der Waals surface area contributed by atoms with E-state index in [0.717, 1.165) is 0 Å². The fourth-order valence-electron chi connectivity index (χ4n) is 1.13. The van der Waals surface area contributed by atoms with Gasteiger partial charge in [0.25, 0.3) is 0 Å². The zero-order valence-corrected chi connectivity index (χ0v) is 9.22. The first-order valence-corrected chi connectivity index (χ1v) is 5.71. The smallest absolute Gasteiger partial charge is 0.402 e. The molecule has 1 heterocycles. The third-order valence-electron chi connectivity index (χ3n) is 1.83. The Bertz CT molecular complexity index is 454. The molecule has 16 heavy (non-hydrogen) atoms. The minimum atomic E-state index is -4.77. The Morgan fingerprint density at radius 1 is 1.56 bits per heavy atom. The number of aryl methyl sites for hydroxylation is 1. The van der Waals surface area contributed by atoms with Gasteiger partial charge < -0.3 is 9.63 Å². The predicted octanol–water partition coefficient (Wildman–Crippen LogP) is 0.166. The minimum Gasteiger partial charge on any atom is -0.402 e. The van der Waals surface area contributed by atoms with Gasteiger partial charge in [-0.15, -0.1) is 0 Å². The van der Waals surface area contributed by atoms with Crippen molar-refractivity contribution in [2.45, 2.75) is 13.5 Å². The lowest BCUT2D eigenvalue weighted by Crippen LogP contribution is -2.03. The molecule has 0 radical (unpaired) electrons. The highest BCUT2D eigenvalue weighted by Gasteiger charge is 2.22. The highest BCUT2D eigenvalue weighted by Crippen LogP contribution is 2.40. The molecule has 0 aromatic carbocycles. The van der Waals surface area contributed by atoms with Crippen molar-refractivity contribution in [3.8, 4) is 5.75 Å². The normalized spacial score (nSPS) is 11.2. The van der Waals surface area contributed by atoms with Gasteiger partial charge in [0, 0.05) is 11.8 Å². The maximum absolute atomic E-state index is 10.8. The van der Waals surface area contributed by atoms with Crippen molar-refractivity contribution in [2.24, 2.45) is 0 Å². The van der Waals surface area contributed by atoms with Gasteiger partial charge in [0.05, 0.1) is 17.9 Å². The molecule has 0 spiro atoms. The van der Waals surface area contributed by atoms with E-state index in [1.54, 1.807) is 0 Å². The maximum atomic E-state index is 10.8. The van der Waals surface area contributed by atoms with E-state index < -0.39 is 14.4 Å². The van der Waals surface area contributed by atoms with Crippen LogP contribution >= 0.6 is 7.82 Å². The van der Waals surface area contributed by atoms with Gasteiger partial charge in [0.2, 0.25) is 0 Å². The second-order valence-corrected chi connectivity index (χ2v) is 4.13. The molecule has 0 atom stereocenters. The van der Waals surface area contributed by atoms with E-state index in [0.29, 0.717) is 6.29 Å². The molecule has 88 valence electrons. The van der Waals surface area contributed by atoms with Crippen molar-refractivity contribution in [3.05, 3.63) is 23.0 Å². The molecule has 0 aliphatic rings. The van der Waals surface area contributed by atoms with Gasteiger partial charge in [-0.1, -0.05) is 0 Å². The Balaban J connectivity index is 3.34. The molecule has 1 aromatic heterocycles. The lowest BCUT2D eigenvalue weighted by Gasteiger charge is -2.12. The van der Waals surface area contributed by atoms with Crippen LogP contribution in [-0.2, 0) is 11.2 Å². The van der Waals surface area contributed by atoms with Crippen molar-refractivity contribution < 1.29 is 28.8 Å². The first kappa shape index (κ1) is 12.8. The van der Waals surface area contributed by atoms with Crippen LogP contribution in [-0.4, -0.2) is 26.2 Å². The number of rotatable bonds is 4. The minimum absolute atomic E-state index is 0.113. The van der Waals surface area contributed by atoms with Crippen molar-refractivity contribution in [3.63, 3.8) is 0 Å². The highest BCUT2D eigenvalue weighted by molar-refractivity contribution is 7.46. The number of hydrogen-bond acceptors (Lipinski definition) is 5. The monoisotopic (exact) mass is 247 g/mol. The largest absolute Gasteiger partial charge is 0.524 e. The van der Waals surface area contributed by atoms with Crippen molar-refractivity contribution >= 4 is 14.1 Å². The molecule has 0 bridgehead atoms. The lowest BCUT2D eigenvalue weighted by molar-refractivity contribution is 0.111. The Kier molecular flexibility index (Phi) is 3.77. The van der Waals surface area contributed by atoms with Gasteiger partial charge in [-0.05, 0) is 6.92 Å². The number of carbonyl (C=O) groups is 1. The number of aliphatic hydroxyl groups excluding tert-OH is 1. The van der Waals surface area contributed by atoms with Crippen LogP contribution in [0.5, 0.6) is 5.75 Å². The van der Waals surface area contributed by atoms with E-state index >= 15 is 0 Å². The van der Waals surface area contributed by atoms with Crippen LogP contribution in [0, 0.1) is 6.92 Å². The predicted molar refractivity (Wildman–Crippen MR) is 53.0 cm³/mol. The Hall–Kier alpha value is -1.27. The van der Waals surface area contributed by atoms with Crippen LogP contribution in [0.15, 0.2) is 6.20 Å². The zero-order valence-electron chi connectivity index (χ0n) is 8.32. The van der Waals surface area contributed by atoms with Crippen LogP contribution in [0.3, 0.4) is 0 Å². The Morgan fingerprint density at radius 3 is 2.62 bits per heavy atom. The molecule has 1 aromatic rings. The number of aliphatic hydroxyl groups is 1. The second-order valence-electron chi connectivity index (χ2n) is 2.97. The van der Waals surface area contributed by atoms with Crippen LogP contribution in [0.4, 0.5) is 0 Å². The standard InChI is InChI=1S/C8H10NO6P/c1-5-8(15-16(12,13)14)7(4-11)6(3-10)2-9-5/h2,4,10H,3H2,1H3,(H2,12,13,14). The fraction of sp³-hybridized carbons (Fsp3) is 0.250. The number of aromatic nitrogens is 1. The van der Waals surface area contributed by atoms with E-state index in [1.165, 1.54) is 13.1 Å². The topological polar surface area (TPSA) is 117 Å². The second kappa shape index (κ2) is 4.71. The molecule has 1 rings (SSSR count). The summed E-state index contributed by atoms with van der Waals surface area (Å²) in [7, 11) is -4.77.